The lowest BCUT2D eigenvalue weighted by molar-refractivity contribution is -0.122. The average Bonchev–Trinajstić information content (AvgIpc) is 3.19. The van der Waals surface area contributed by atoms with Gasteiger partial charge in [-0.25, -0.2) is 9.97 Å². The first-order chi connectivity index (χ1) is 15.7. The summed E-state index contributed by atoms with van der Waals surface area (Å²) >= 11 is 0. The second kappa shape index (κ2) is 9.34. The van der Waals surface area contributed by atoms with Crippen LogP contribution >= 0.6 is 0 Å². The van der Waals surface area contributed by atoms with Gasteiger partial charge in [0.25, 0.3) is 0 Å². The number of aromatic nitrogens is 4. The molecule has 0 bridgehead atoms. The number of ether oxygens (including phenoxy) is 1. The van der Waals surface area contributed by atoms with Crippen LogP contribution in [0.15, 0.2) is 30.6 Å². The van der Waals surface area contributed by atoms with Gasteiger partial charge in [-0.2, -0.15) is 5.10 Å². The number of anilines is 1. The fourth-order valence-corrected chi connectivity index (χ4v) is 4.62. The first-order valence-corrected chi connectivity index (χ1v) is 11.6. The molecule has 8 nitrogen and oxygen atoms in total. The van der Waals surface area contributed by atoms with E-state index in [-0.39, 0.29) is 11.8 Å². The molecule has 0 aliphatic carbocycles. The minimum absolute atomic E-state index is 0.00683. The van der Waals surface area contributed by atoms with Gasteiger partial charge >= 0.3 is 0 Å². The Morgan fingerprint density at radius 2 is 1.97 bits per heavy atom. The van der Waals surface area contributed by atoms with E-state index in [4.69, 9.17) is 9.72 Å². The molecule has 2 fully saturated rings. The minimum atomic E-state index is -0.0201. The molecule has 5 rings (SSSR count). The molecule has 5 heterocycles. The Hall–Kier alpha value is -2.84. The van der Waals surface area contributed by atoms with Crippen LogP contribution in [0.1, 0.15) is 37.8 Å². The van der Waals surface area contributed by atoms with E-state index in [0.29, 0.717) is 19.0 Å². The summed E-state index contributed by atoms with van der Waals surface area (Å²) in [5, 5.41) is 8.43. The van der Waals surface area contributed by atoms with Gasteiger partial charge in [-0.1, -0.05) is 6.42 Å². The standard InChI is InChI=1S/C24H30N6O2/c1-29-22(16-30-9-3-2-4-10-30)19(15-26-29)20-6-5-18-14-25-23(13-21(18)27-20)28-24(31)17-7-11-32-12-8-17/h5-6,13-15,17H,2-4,7-12,16H2,1H3,(H,25,28,31). The van der Waals surface area contributed by atoms with E-state index < -0.39 is 0 Å². The number of piperidine rings is 1. The minimum Gasteiger partial charge on any atom is -0.381 e. The summed E-state index contributed by atoms with van der Waals surface area (Å²) in [4.78, 5) is 24.4. The third-order valence-corrected chi connectivity index (χ3v) is 6.58. The zero-order valence-corrected chi connectivity index (χ0v) is 18.6. The van der Waals surface area contributed by atoms with Crippen molar-refractivity contribution in [1.82, 2.24) is 24.6 Å². The van der Waals surface area contributed by atoms with Gasteiger partial charge in [0.2, 0.25) is 5.91 Å². The van der Waals surface area contributed by atoms with Crippen LogP contribution in [0.5, 0.6) is 0 Å². The largest absolute Gasteiger partial charge is 0.381 e. The number of aryl methyl sites for hydroxylation is 1. The lowest BCUT2D eigenvalue weighted by atomic mass is 9.99. The molecule has 2 aliphatic heterocycles. The average molecular weight is 435 g/mol. The van der Waals surface area contributed by atoms with Crippen LogP contribution in [-0.2, 0) is 23.1 Å². The number of fused-ring (bicyclic) bond motifs is 1. The summed E-state index contributed by atoms with van der Waals surface area (Å²) in [5.74, 6) is 0.527. The van der Waals surface area contributed by atoms with E-state index >= 15 is 0 Å². The molecule has 0 atom stereocenters. The van der Waals surface area contributed by atoms with Gasteiger partial charge in [0.1, 0.15) is 5.82 Å². The molecule has 32 heavy (non-hydrogen) atoms. The maximum atomic E-state index is 12.6. The number of hydrogen-bond acceptors (Lipinski definition) is 6. The Kier molecular flexibility index (Phi) is 6.14. The van der Waals surface area contributed by atoms with Crippen LogP contribution in [0.2, 0.25) is 0 Å². The number of nitrogens with zero attached hydrogens (tertiary/aromatic N) is 5. The zero-order chi connectivity index (χ0) is 21.9. The van der Waals surface area contributed by atoms with Crippen LogP contribution in [0, 0.1) is 5.92 Å². The lowest BCUT2D eigenvalue weighted by Crippen LogP contribution is -2.30. The van der Waals surface area contributed by atoms with Crippen molar-refractivity contribution < 1.29 is 9.53 Å². The second-order valence-electron chi connectivity index (χ2n) is 8.80. The summed E-state index contributed by atoms with van der Waals surface area (Å²) in [7, 11) is 2.00. The van der Waals surface area contributed by atoms with Crippen molar-refractivity contribution in [2.45, 2.75) is 38.6 Å². The molecule has 3 aromatic rings. The monoisotopic (exact) mass is 434 g/mol. The second-order valence-corrected chi connectivity index (χ2v) is 8.80. The summed E-state index contributed by atoms with van der Waals surface area (Å²) in [6.07, 6.45) is 9.02. The van der Waals surface area contributed by atoms with E-state index in [2.05, 4.69) is 20.3 Å². The van der Waals surface area contributed by atoms with Crippen LogP contribution in [0.25, 0.3) is 22.2 Å². The Balaban J connectivity index is 1.39. The summed E-state index contributed by atoms with van der Waals surface area (Å²) in [6.45, 7) is 4.43. The number of amides is 1. The van der Waals surface area contributed by atoms with E-state index in [1.54, 1.807) is 6.20 Å². The topological polar surface area (TPSA) is 85.2 Å². The number of pyridine rings is 2. The molecule has 0 saturated carbocycles. The molecule has 1 N–H and O–H groups in total. The molecule has 0 spiro atoms. The number of carbonyl (C=O) groups is 1. The van der Waals surface area contributed by atoms with Crippen molar-refractivity contribution in [3.63, 3.8) is 0 Å². The highest BCUT2D eigenvalue weighted by Gasteiger charge is 2.22. The third kappa shape index (κ3) is 4.52. The van der Waals surface area contributed by atoms with E-state index in [9.17, 15) is 4.79 Å². The summed E-state index contributed by atoms with van der Waals surface area (Å²) in [5.41, 5.74) is 3.95. The predicted octanol–water partition coefficient (Wildman–Crippen LogP) is 3.38. The van der Waals surface area contributed by atoms with Gasteiger partial charge in [0.15, 0.2) is 0 Å². The Morgan fingerprint density at radius 1 is 1.16 bits per heavy atom. The Labute approximate surface area is 188 Å². The number of rotatable bonds is 5. The lowest BCUT2D eigenvalue weighted by Gasteiger charge is -2.26. The van der Waals surface area contributed by atoms with Crippen LogP contribution in [0.4, 0.5) is 5.82 Å². The number of likely N-dealkylation sites (tertiary alicyclic amines) is 1. The van der Waals surface area contributed by atoms with E-state index in [1.165, 1.54) is 25.0 Å². The quantitative estimate of drug-likeness (QED) is 0.663. The molecule has 0 radical (unpaired) electrons. The van der Waals surface area contributed by atoms with Gasteiger partial charge < -0.3 is 10.1 Å². The van der Waals surface area contributed by atoms with Gasteiger partial charge in [-0.3, -0.25) is 14.4 Å². The van der Waals surface area contributed by atoms with Gasteiger partial charge in [0.05, 0.1) is 23.1 Å². The van der Waals surface area contributed by atoms with Crippen molar-refractivity contribution in [3.05, 3.63) is 36.3 Å². The zero-order valence-electron chi connectivity index (χ0n) is 18.6. The van der Waals surface area contributed by atoms with E-state index in [0.717, 1.165) is 54.6 Å². The number of hydrogen-bond donors (Lipinski definition) is 1. The SMILES string of the molecule is Cn1ncc(-c2ccc3cnc(NC(=O)C4CCOCC4)cc3n2)c1CN1CCCCC1. The summed E-state index contributed by atoms with van der Waals surface area (Å²) in [6, 6.07) is 5.92. The number of carbonyl (C=O) groups excluding carboxylic acids is 1. The van der Waals surface area contributed by atoms with Crippen molar-refractivity contribution in [1.29, 1.82) is 0 Å². The smallest absolute Gasteiger partial charge is 0.228 e. The molecule has 8 heteroatoms. The van der Waals surface area contributed by atoms with Crippen LogP contribution in [-0.4, -0.2) is 56.9 Å². The molecule has 3 aromatic heterocycles. The molecule has 0 aromatic carbocycles. The molecule has 2 aliphatic rings. The molecule has 0 unspecified atom stereocenters. The van der Waals surface area contributed by atoms with Crippen molar-refractivity contribution in [3.8, 4) is 11.3 Å². The Bertz CT molecular complexity index is 1100. The highest BCUT2D eigenvalue weighted by molar-refractivity contribution is 5.93. The highest BCUT2D eigenvalue weighted by Crippen LogP contribution is 2.27. The van der Waals surface area contributed by atoms with Crippen LogP contribution < -0.4 is 5.32 Å². The first-order valence-electron chi connectivity index (χ1n) is 11.6. The molecule has 1 amide bonds. The maximum absolute atomic E-state index is 12.6. The fraction of sp³-hybridized carbons (Fsp3) is 0.500. The summed E-state index contributed by atoms with van der Waals surface area (Å²) < 4.78 is 7.32. The van der Waals surface area contributed by atoms with Crippen LogP contribution in [0.3, 0.4) is 0 Å². The third-order valence-electron chi connectivity index (χ3n) is 6.58. The maximum Gasteiger partial charge on any atom is 0.228 e. The van der Waals surface area contributed by atoms with Crippen molar-refractivity contribution >= 4 is 22.6 Å². The molecule has 168 valence electrons. The Morgan fingerprint density at radius 3 is 2.78 bits per heavy atom. The highest BCUT2D eigenvalue weighted by atomic mass is 16.5. The van der Waals surface area contributed by atoms with E-state index in [1.807, 2.05) is 36.1 Å². The molecule has 2 saturated heterocycles. The van der Waals surface area contributed by atoms with Gasteiger partial charge in [0, 0.05) is 55.9 Å². The van der Waals surface area contributed by atoms with Crippen molar-refractivity contribution in [2.24, 2.45) is 13.0 Å². The van der Waals surface area contributed by atoms with Crippen molar-refractivity contribution in [2.75, 3.05) is 31.6 Å². The molecular weight excluding hydrogens is 404 g/mol. The fourth-order valence-electron chi connectivity index (χ4n) is 4.62. The number of nitrogens with one attached hydrogen (secondary N) is 1. The van der Waals surface area contributed by atoms with Gasteiger partial charge in [-0.05, 0) is 50.9 Å². The van der Waals surface area contributed by atoms with Gasteiger partial charge in [-0.15, -0.1) is 0 Å². The predicted molar refractivity (Wildman–Crippen MR) is 123 cm³/mol. The molecular formula is C24H30N6O2. The normalized spacial score (nSPS) is 18.2. The first kappa shape index (κ1) is 21.0.